The first-order valence-electron chi connectivity index (χ1n) is 5.14. The van der Waals surface area contributed by atoms with E-state index in [0.29, 0.717) is 24.0 Å². The van der Waals surface area contributed by atoms with Crippen molar-refractivity contribution in [3.05, 3.63) is 0 Å². The number of alkyl halides is 3. The summed E-state index contributed by atoms with van der Waals surface area (Å²) in [6, 6.07) is 0. The van der Waals surface area contributed by atoms with E-state index in [-0.39, 0.29) is 0 Å². The molecule has 0 aromatic carbocycles. The van der Waals surface area contributed by atoms with Crippen LogP contribution in [-0.4, -0.2) is 11.4 Å². The standard InChI is InChI=1S/C10H17F3S/c1-7(14)6-8-2-4-9(5-3-8)10(11,12)13/h7-9,14H,2-6H2,1H3. The molecule has 0 saturated heterocycles. The van der Waals surface area contributed by atoms with Crippen molar-refractivity contribution in [3.63, 3.8) is 0 Å². The smallest absolute Gasteiger partial charge is 0.176 e. The third-order valence-electron chi connectivity index (χ3n) is 2.98. The first-order chi connectivity index (χ1) is 6.39. The van der Waals surface area contributed by atoms with E-state index < -0.39 is 12.1 Å². The Hall–Kier alpha value is 0.140. The second kappa shape index (κ2) is 4.77. The maximum absolute atomic E-state index is 12.3. The molecule has 1 unspecified atom stereocenters. The Morgan fingerprint density at radius 3 is 2.07 bits per heavy atom. The monoisotopic (exact) mass is 226 g/mol. The van der Waals surface area contributed by atoms with Crippen LogP contribution in [0.1, 0.15) is 39.0 Å². The molecule has 0 nitrogen and oxygen atoms in total. The number of halogens is 3. The summed E-state index contributed by atoms with van der Waals surface area (Å²) in [4.78, 5) is 0. The highest BCUT2D eigenvalue weighted by Gasteiger charge is 2.41. The maximum Gasteiger partial charge on any atom is 0.391 e. The summed E-state index contributed by atoms with van der Waals surface area (Å²) in [6.45, 7) is 2.00. The Balaban J connectivity index is 2.31. The Labute approximate surface area is 88.7 Å². The highest BCUT2D eigenvalue weighted by Crippen LogP contribution is 2.40. The minimum Gasteiger partial charge on any atom is -0.176 e. The van der Waals surface area contributed by atoms with Gasteiger partial charge in [0.05, 0.1) is 5.92 Å². The van der Waals surface area contributed by atoms with Gasteiger partial charge in [-0.3, -0.25) is 0 Å². The Morgan fingerprint density at radius 2 is 1.71 bits per heavy atom. The lowest BCUT2D eigenvalue weighted by Crippen LogP contribution is -2.28. The van der Waals surface area contributed by atoms with Crippen LogP contribution >= 0.6 is 12.6 Å². The van der Waals surface area contributed by atoms with Gasteiger partial charge in [-0.05, 0) is 43.3 Å². The zero-order valence-corrected chi connectivity index (χ0v) is 9.24. The molecule has 0 aromatic heterocycles. The molecule has 1 saturated carbocycles. The molecule has 0 aliphatic heterocycles. The van der Waals surface area contributed by atoms with Crippen molar-refractivity contribution in [1.29, 1.82) is 0 Å². The van der Waals surface area contributed by atoms with Crippen LogP contribution in [0.5, 0.6) is 0 Å². The van der Waals surface area contributed by atoms with Gasteiger partial charge in [-0.15, -0.1) is 0 Å². The van der Waals surface area contributed by atoms with Crippen LogP contribution in [0, 0.1) is 11.8 Å². The molecule has 0 heterocycles. The summed E-state index contributed by atoms with van der Waals surface area (Å²) < 4.78 is 36.9. The largest absolute Gasteiger partial charge is 0.391 e. The summed E-state index contributed by atoms with van der Waals surface area (Å²) in [5, 5.41) is 0.308. The quantitative estimate of drug-likeness (QED) is 0.674. The molecule has 4 heteroatoms. The van der Waals surface area contributed by atoms with Gasteiger partial charge < -0.3 is 0 Å². The summed E-state index contributed by atoms with van der Waals surface area (Å²) in [6.07, 6.45) is -0.960. The summed E-state index contributed by atoms with van der Waals surface area (Å²) in [7, 11) is 0. The van der Waals surface area contributed by atoms with Crippen LogP contribution in [0.3, 0.4) is 0 Å². The zero-order chi connectivity index (χ0) is 10.8. The third-order valence-corrected chi connectivity index (χ3v) is 3.19. The second-order valence-corrected chi connectivity index (χ2v) is 5.23. The lowest BCUT2D eigenvalue weighted by molar-refractivity contribution is -0.184. The van der Waals surface area contributed by atoms with E-state index in [1.54, 1.807) is 0 Å². The summed E-state index contributed by atoms with van der Waals surface area (Å²) >= 11 is 4.27. The van der Waals surface area contributed by atoms with Crippen molar-refractivity contribution in [1.82, 2.24) is 0 Å². The van der Waals surface area contributed by atoms with Crippen LogP contribution in [-0.2, 0) is 0 Å². The average molecular weight is 226 g/mol. The molecule has 1 aliphatic rings. The number of rotatable bonds is 2. The van der Waals surface area contributed by atoms with Crippen molar-refractivity contribution in [3.8, 4) is 0 Å². The molecule has 0 aromatic rings. The topological polar surface area (TPSA) is 0 Å². The van der Waals surface area contributed by atoms with Crippen LogP contribution in [0.2, 0.25) is 0 Å². The molecule has 0 bridgehead atoms. The van der Waals surface area contributed by atoms with Gasteiger partial charge in [0.1, 0.15) is 0 Å². The fourth-order valence-corrected chi connectivity index (χ4v) is 2.51. The number of hydrogen-bond acceptors (Lipinski definition) is 1. The molecule has 1 rings (SSSR count). The lowest BCUT2D eigenvalue weighted by Gasteiger charge is -2.30. The van der Waals surface area contributed by atoms with E-state index in [1.807, 2.05) is 6.92 Å². The van der Waals surface area contributed by atoms with E-state index in [9.17, 15) is 13.2 Å². The molecule has 1 atom stereocenters. The molecule has 84 valence electrons. The van der Waals surface area contributed by atoms with E-state index >= 15 is 0 Å². The molecule has 1 fully saturated rings. The first kappa shape index (κ1) is 12.2. The highest BCUT2D eigenvalue weighted by atomic mass is 32.1. The summed E-state index contributed by atoms with van der Waals surface area (Å²) in [5.74, 6) is -0.588. The van der Waals surface area contributed by atoms with Crippen LogP contribution in [0.4, 0.5) is 13.2 Å². The molecule has 0 N–H and O–H groups in total. The van der Waals surface area contributed by atoms with E-state index in [2.05, 4.69) is 12.6 Å². The van der Waals surface area contributed by atoms with Gasteiger partial charge in [0.15, 0.2) is 0 Å². The molecular weight excluding hydrogens is 209 g/mol. The van der Waals surface area contributed by atoms with E-state index in [1.165, 1.54) is 0 Å². The minimum atomic E-state index is -3.97. The fourth-order valence-electron chi connectivity index (χ4n) is 2.21. The lowest BCUT2D eigenvalue weighted by atomic mass is 9.80. The third kappa shape index (κ3) is 3.71. The molecule has 14 heavy (non-hydrogen) atoms. The first-order valence-corrected chi connectivity index (χ1v) is 5.66. The Kier molecular flexibility index (Phi) is 4.16. The predicted octanol–water partition coefficient (Wildman–Crippen LogP) is 4.06. The van der Waals surface area contributed by atoms with Crippen molar-refractivity contribution in [2.75, 3.05) is 0 Å². The van der Waals surface area contributed by atoms with Crippen LogP contribution in [0.25, 0.3) is 0 Å². The number of hydrogen-bond donors (Lipinski definition) is 1. The summed E-state index contributed by atoms with van der Waals surface area (Å²) in [5.41, 5.74) is 0. The molecule has 0 radical (unpaired) electrons. The highest BCUT2D eigenvalue weighted by molar-refractivity contribution is 7.80. The number of thiol groups is 1. The Bertz CT molecular complexity index is 169. The van der Waals surface area contributed by atoms with Crippen molar-refractivity contribution >= 4 is 12.6 Å². The molecular formula is C10H17F3S. The van der Waals surface area contributed by atoms with Gasteiger partial charge >= 0.3 is 6.18 Å². The molecule has 0 amide bonds. The Morgan fingerprint density at radius 1 is 1.21 bits per heavy atom. The van der Waals surface area contributed by atoms with Gasteiger partial charge in [0.25, 0.3) is 0 Å². The van der Waals surface area contributed by atoms with E-state index in [0.717, 1.165) is 19.3 Å². The molecule has 0 spiro atoms. The van der Waals surface area contributed by atoms with E-state index in [4.69, 9.17) is 0 Å². The second-order valence-electron chi connectivity index (χ2n) is 4.34. The maximum atomic E-state index is 12.3. The van der Waals surface area contributed by atoms with Crippen molar-refractivity contribution in [2.24, 2.45) is 11.8 Å². The van der Waals surface area contributed by atoms with Crippen LogP contribution in [0.15, 0.2) is 0 Å². The average Bonchev–Trinajstić information content (AvgIpc) is 2.02. The van der Waals surface area contributed by atoms with Crippen molar-refractivity contribution in [2.45, 2.75) is 50.5 Å². The normalized spacial score (nSPS) is 31.5. The fraction of sp³-hybridized carbons (Fsp3) is 1.00. The zero-order valence-electron chi connectivity index (χ0n) is 8.35. The predicted molar refractivity (Wildman–Crippen MR) is 54.6 cm³/mol. The van der Waals surface area contributed by atoms with Gasteiger partial charge in [-0.25, -0.2) is 0 Å². The minimum absolute atomic E-state index is 0.308. The van der Waals surface area contributed by atoms with Gasteiger partial charge in [-0.2, -0.15) is 25.8 Å². The molecule has 1 aliphatic carbocycles. The van der Waals surface area contributed by atoms with Gasteiger partial charge in [-0.1, -0.05) is 6.92 Å². The van der Waals surface area contributed by atoms with Gasteiger partial charge in [0.2, 0.25) is 0 Å². The SMILES string of the molecule is CC(S)CC1CCC(C(F)(F)F)CC1. The van der Waals surface area contributed by atoms with Gasteiger partial charge in [0, 0.05) is 0 Å². The van der Waals surface area contributed by atoms with Crippen molar-refractivity contribution < 1.29 is 13.2 Å². The van der Waals surface area contributed by atoms with Crippen LogP contribution < -0.4 is 0 Å².